The van der Waals surface area contributed by atoms with Gasteiger partial charge in [-0.1, -0.05) is 58.7 Å². The molecule has 1 aromatic heterocycles. The highest BCUT2D eigenvalue weighted by Gasteiger charge is 2.31. The standard InChI is InChI=1S/C21H18F3N3O2S.2C3H8/c1-29-17-7-3-6-16(11-17)27-19(14-4-2-5-15(10-14)21(22,23)24)12-18(25-27)20(28)26-8-9-30-13-26;2*1-3-2/h2-7,10-12H,8-9,13H2,1H3;2*3H2,1-2H3. The summed E-state index contributed by atoms with van der Waals surface area (Å²) in [7, 11) is 1.52. The Morgan fingerprint density at radius 1 is 1.03 bits per heavy atom. The summed E-state index contributed by atoms with van der Waals surface area (Å²) < 4.78 is 46.5. The summed E-state index contributed by atoms with van der Waals surface area (Å²) in [4.78, 5) is 14.5. The van der Waals surface area contributed by atoms with Gasteiger partial charge in [0.15, 0.2) is 5.69 Å². The molecule has 0 aliphatic carbocycles. The highest BCUT2D eigenvalue weighted by molar-refractivity contribution is 7.99. The number of carbonyl (C=O) groups is 1. The van der Waals surface area contributed by atoms with Crippen LogP contribution in [0, 0.1) is 0 Å². The predicted molar refractivity (Wildman–Crippen MR) is 141 cm³/mol. The average molecular weight is 522 g/mol. The number of hydrogen-bond donors (Lipinski definition) is 0. The van der Waals surface area contributed by atoms with E-state index in [4.69, 9.17) is 4.74 Å². The zero-order valence-electron chi connectivity index (χ0n) is 21.4. The highest BCUT2D eigenvalue weighted by Crippen LogP contribution is 2.33. The predicted octanol–water partition coefficient (Wildman–Crippen LogP) is 7.55. The van der Waals surface area contributed by atoms with Gasteiger partial charge < -0.3 is 9.64 Å². The minimum atomic E-state index is -4.47. The molecule has 0 N–H and O–H groups in total. The number of halogens is 3. The van der Waals surface area contributed by atoms with Gasteiger partial charge in [0.2, 0.25) is 0 Å². The number of hydrogen-bond acceptors (Lipinski definition) is 4. The molecular weight excluding hydrogens is 487 g/mol. The number of carbonyl (C=O) groups excluding carboxylic acids is 1. The van der Waals surface area contributed by atoms with Gasteiger partial charge in [0.25, 0.3) is 5.91 Å². The summed E-state index contributed by atoms with van der Waals surface area (Å²) in [5.74, 6) is 1.75. The summed E-state index contributed by atoms with van der Waals surface area (Å²) >= 11 is 1.65. The van der Waals surface area contributed by atoms with E-state index in [2.05, 4.69) is 32.8 Å². The smallest absolute Gasteiger partial charge is 0.416 e. The Morgan fingerprint density at radius 3 is 2.28 bits per heavy atom. The van der Waals surface area contributed by atoms with Crippen molar-refractivity contribution < 1.29 is 22.7 Å². The summed E-state index contributed by atoms with van der Waals surface area (Å²) in [6.07, 6.45) is -1.97. The van der Waals surface area contributed by atoms with Crippen LogP contribution in [-0.2, 0) is 6.18 Å². The van der Waals surface area contributed by atoms with Gasteiger partial charge in [0.05, 0.1) is 29.9 Å². The van der Waals surface area contributed by atoms with Crippen LogP contribution >= 0.6 is 11.8 Å². The monoisotopic (exact) mass is 521 g/mol. The van der Waals surface area contributed by atoms with Crippen molar-refractivity contribution in [3.05, 3.63) is 65.9 Å². The fourth-order valence-corrected chi connectivity index (χ4v) is 4.17. The van der Waals surface area contributed by atoms with Gasteiger partial charge in [-0.3, -0.25) is 4.79 Å². The molecule has 0 spiro atoms. The van der Waals surface area contributed by atoms with Crippen molar-refractivity contribution >= 4 is 17.7 Å². The Kier molecular flexibility index (Phi) is 11.4. The normalized spacial score (nSPS) is 12.8. The molecule has 1 aliphatic heterocycles. The fourth-order valence-electron chi connectivity index (χ4n) is 3.22. The first-order chi connectivity index (χ1) is 17.2. The molecule has 0 saturated carbocycles. The zero-order valence-corrected chi connectivity index (χ0v) is 22.2. The second kappa shape index (κ2) is 14.0. The number of rotatable bonds is 4. The van der Waals surface area contributed by atoms with Crippen molar-refractivity contribution in [1.29, 1.82) is 0 Å². The van der Waals surface area contributed by atoms with E-state index in [1.54, 1.807) is 53.1 Å². The van der Waals surface area contributed by atoms with Crippen LogP contribution in [0.15, 0.2) is 54.6 Å². The summed E-state index contributed by atoms with van der Waals surface area (Å²) in [5.41, 5.74) is 0.714. The van der Waals surface area contributed by atoms with Crippen molar-refractivity contribution in [2.24, 2.45) is 0 Å². The van der Waals surface area contributed by atoms with E-state index in [1.807, 2.05) is 0 Å². The average Bonchev–Trinajstić information content (AvgIpc) is 3.55. The number of thioether (sulfide) groups is 1. The number of amides is 1. The quantitative estimate of drug-likeness (QED) is 0.356. The fraction of sp³-hybridized carbons (Fsp3) is 0.407. The maximum Gasteiger partial charge on any atom is 0.416 e. The van der Waals surface area contributed by atoms with Crippen LogP contribution in [0.5, 0.6) is 5.75 Å². The molecule has 36 heavy (non-hydrogen) atoms. The first-order valence-electron chi connectivity index (χ1n) is 12.0. The molecule has 3 aromatic rings. The number of alkyl halides is 3. The van der Waals surface area contributed by atoms with Gasteiger partial charge >= 0.3 is 6.18 Å². The SMILES string of the molecule is CCC.CCC.COc1cccc(-n2nc(C(=O)N3CCSC3)cc2-c2cccc(C(F)(F)F)c2)c1. The van der Waals surface area contributed by atoms with Gasteiger partial charge in [-0.15, -0.1) is 11.8 Å². The molecular formula is C27H34F3N3O2S. The molecule has 0 atom stereocenters. The third-order valence-corrected chi connectivity index (χ3v) is 5.72. The van der Waals surface area contributed by atoms with E-state index in [-0.39, 0.29) is 11.6 Å². The Balaban J connectivity index is 0.000000693. The van der Waals surface area contributed by atoms with E-state index >= 15 is 0 Å². The van der Waals surface area contributed by atoms with Gasteiger partial charge in [0.1, 0.15) is 5.75 Å². The van der Waals surface area contributed by atoms with Crippen LogP contribution in [0.3, 0.4) is 0 Å². The molecule has 1 fully saturated rings. The van der Waals surface area contributed by atoms with Gasteiger partial charge in [0, 0.05) is 23.9 Å². The number of methoxy groups -OCH3 is 1. The molecule has 1 aliphatic rings. The van der Waals surface area contributed by atoms with E-state index in [0.29, 0.717) is 35.1 Å². The number of aromatic nitrogens is 2. The molecule has 0 unspecified atom stereocenters. The molecule has 2 aromatic carbocycles. The van der Waals surface area contributed by atoms with Crippen molar-refractivity contribution in [3.63, 3.8) is 0 Å². The molecule has 0 radical (unpaired) electrons. The minimum Gasteiger partial charge on any atom is -0.497 e. The van der Waals surface area contributed by atoms with Gasteiger partial charge in [-0.05, 0) is 30.3 Å². The molecule has 9 heteroatoms. The maximum atomic E-state index is 13.2. The highest BCUT2D eigenvalue weighted by atomic mass is 32.2. The van der Waals surface area contributed by atoms with E-state index in [0.717, 1.165) is 17.9 Å². The lowest BCUT2D eigenvalue weighted by Crippen LogP contribution is -2.28. The Labute approximate surface area is 215 Å². The largest absolute Gasteiger partial charge is 0.497 e. The van der Waals surface area contributed by atoms with Crippen molar-refractivity contribution in [1.82, 2.24) is 14.7 Å². The molecule has 196 valence electrons. The lowest BCUT2D eigenvalue weighted by atomic mass is 10.1. The van der Waals surface area contributed by atoms with Crippen molar-refractivity contribution in [2.45, 2.75) is 46.7 Å². The van der Waals surface area contributed by atoms with E-state index in [9.17, 15) is 18.0 Å². The molecule has 5 nitrogen and oxygen atoms in total. The van der Waals surface area contributed by atoms with Crippen molar-refractivity contribution in [3.8, 4) is 22.7 Å². The third kappa shape index (κ3) is 7.78. The summed E-state index contributed by atoms with van der Waals surface area (Å²) in [6.45, 7) is 9.12. The number of ether oxygens (including phenoxy) is 1. The first kappa shape index (κ1) is 29.3. The Bertz CT molecular complexity index is 1110. The topological polar surface area (TPSA) is 47.4 Å². The van der Waals surface area contributed by atoms with Crippen LogP contribution in [-0.4, -0.2) is 45.9 Å². The third-order valence-electron chi connectivity index (χ3n) is 4.75. The zero-order chi connectivity index (χ0) is 26.7. The van der Waals surface area contributed by atoms with Crippen LogP contribution in [0.4, 0.5) is 13.2 Å². The van der Waals surface area contributed by atoms with Gasteiger partial charge in [-0.25, -0.2) is 4.68 Å². The Morgan fingerprint density at radius 2 is 1.69 bits per heavy atom. The second-order valence-electron chi connectivity index (χ2n) is 8.13. The number of benzene rings is 2. The summed E-state index contributed by atoms with van der Waals surface area (Å²) in [5, 5.41) is 4.45. The molecule has 1 saturated heterocycles. The van der Waals surface area contributed by atoms with Crippen LogP contribution < -0.4 is 4.74 Å². The minimum absolute atomic E-state index is 0.188. The van der Waals surface area contributed by atoms with Crippen LogP contribution in [0.2, 0.25) is 0 Å². The van der Waals surface area contributed by atoms with Crippen LogP contribution in [0.25, 0.3) is 16.9 Å². The lowest BCUT2D eigenvalue weighted by molar-refractivity contribution is -0.137. The number of nitrogens with zero attached hydrogens (tertiary/aromatic N) is 3. The first-order valence-corrected chi connectivity index (χ1v) is 13.1. The van der Waals surface area contributed by atoms with Gasteiger partial charge in [-0.2, -0.15) is 18.3 Å². The molecule has 4 rings (SSSR count). The Hall–Kier alpha value is -2.94. The second-order valence-corrected chi connectivity index (χ2v) is 9.20. The van der Waals surface area contributed by atoms with E-state index in [1.165, 1.54) is 30.7 Å². The molecule has 1 amide bonds. The maximum absolute atomic E-state index is 13.2. The van der Waals surface area contributed by atoms with E-state index < -0.39 is 11.7 Å². The molecule has 0 bridgehead atoms. The lowest BCUT2D eigenvalue weighted by Gasteiger charge is -2.12. The molecule has 2 heterocycles. The summed E-state index contributed by atoms with van der Waals surface area (Å²) in [6, 6.07) is 13.5. The van der Waals surface area contributed by atoms with Crippen LogP contribution in [0.1, 0.15) is 56.6 Å². The van der Waals surface area contributed by atoms with Crippen molar-refractivity contribution in [2.75, 3.05) is 25.3 Å².